The smallest absolute Gasteiger partial charge is 0.393 e. The molecular formula is C16H21F3N2. The van der Waals surface area contributed by atoms with Crippen LogP contribution in [0.2, 0.25) is 0 Å². The molecule has 0 heterocycles. The summed E-state index contributed by atoms with van der Waals surface area (Å²) in [6, 6.07) is 5.59. The van der Waals surface area contributed by atoms with Gasteiger partial charge in [-0.1, -0.05) is 37.3 Å². The van der Waals surface area contributed by atoms with Crippen LogP contribution in [0, 0.1) is 0 Å². The standard InChI is InChI=1S/C16H21F3N2/c1-3-10-21-11-6-7-13(12-20-2)14-8-4-5-9-15(14)16(17,18)19/h4-9,12,20-21H,3,10-11H2,1-2H3/b7-6-,13-12+. The fourth-order valence-electron chi connectivity index (χ4n) is 1.90. The molecule has 1 aromatic carbocycles. The molecule has 1 rings (SSSR count). The molecule has 0 unspecified atom stereocenters. The van der Waals surface area contributed by atoms with E-state index in [9.17, 15) is 13.2 Å². The zero-order valence-corrected chi connectivity index (χ0v) is 12.3. The second kappa shape index (κ2) is 8.52. The first-order valence-electron chi connectivity index (χ1n) is 6.92. The highest BCUT2D eigenvalue weighted by Crippen LogP contribution is 2.35. The van der Waals surface area contributed by atoms with Crippen LogP contribution < -0.4 is 10.6 Å². The summed E-state index contributed by atoms with van der Waals surface area (Å²) in [4.78, 5) is 0. The molecule has 1 aromatic rings. The molecule has 0 aliphatic heterocycles. The summed E-state index contributed by atoms with van der Waals surface area (Å²) in [5.74, 6) is 0. The van der Waals surface area contributed by atoms with Crippen molar-refractivity contribution in [3.8, 4) is 0 Å². The monoisotopic (exact) mass is 298 g/mol. The van der Waals surface area contributed by atoms with E-state index in [1.807, 2.05) is 6.08 Å². The Labute approximate surface area is 123 Å². The second-order valence-electron chi connectivity index (χ2n) is 4.54. The van der Waals surface area contributed by atoms with Crippen LogP contribution in [-0.4, -0.2) is 20.1 Å². The number of allylic oxidation sites excluding steroid dienone is 2. The summed E-state index contributed by atoms with van der Waals surface area (Å²) in [5, 5.41) is 5.97. The minimum atomic E-state index is -4.36. The molecule has 0 spiro atoms. The Kier molecular flexibility index (Phi) is 7.02. The predicted octanol–water partition coefficient (Wildman–Crippen LogP) is 3.82. The van der Waals surface area contributed by atoms with E-state index in [1.165, 1.54) is 12.1 Å². The predicted molar refractivity (Wildman–Crippen MR) is 80.8 cm³/mol. The number of benzene rings is 1. The first-order valence-corrected chi connectivity index (χ1v) is 6.92. The third kappa shape index (κ3) is 5.63. The van der Waals surface area contributed by atoms with Crippen molar-refractivity contribution in [1.82, 2.24) is 10.6 Å². The molecule has 0 aliphatic carbocycles. The maximum absolute atomic E-state index is 13.1. The maximum atomic E-state index is 13.1. The first kappa shape index (κ1) is 17.3. The zero-order chi connectivity index (χ0) is 15.7. The van der Waals surface area contributed by atoms with Crippen molar-refractivity contribution < 1.29 is 13.2 Å². The van der Waals surface area contributed by atoms with E-state index in [0.29, 0.717) is 12.1 Å². The molecule has 0 saturated heterocycles. The van der Waals surface area contributed by atoms with Crippen molar-refractivity contribution in [2.24, 2.45) is 0 Å². The largest absolute Gasteiger partial charge is 0.417 e. The fraction of sp³-hybridized carbons (Fsp3) is 0.375. The molecule has 0 radical (unpaired) electrons. The van der Waals surface area contributed by atoms with Crippen LogP contribution in [0.15, 0.2) is 42.6 Å². The molecular weight excluding hydrogens is 277 g/mol. The third-order valence-electron chi connectivity index (χ3n) is 2.83. The summed E-state index contributed by atoms with van der Waals surface area (Å²) in [5.41, 5.74) is 0.0486. The molecule has 21 heavy (non-hydrogen) atoms. The van der Waals surface area contributed by atoms with Crippen LogP contribution in [0.25, 0.3) is 5.57 Å². The van der Waals surface area contributed by atoms with Gasteiger partial charge in [-0.15, -0.1) is 0 Å². The molecule has 2 N–H and O–H groups in total. The number of halogens is 3. The average molecular weight is 298 g/mol. The summed E-state index contributed by atoms with van der Waals surface area (Å²) in [7, 11) is 1.67. The van der Waals surface area contributed by atoms with Crippen LogP contribution in [-0.2, 0) is 6.18 Å². The normalized spacial score (nSPS) is 12.9. The molecule has 5 heteroatoms. The van der Waals surface area contributed by atoms with Gasteiger partial charge in [0, 0.05) is 19.8 Å². The lowest BCUT2D eigenvalue weighted by atomic mass is 9.99. The molecule has 0 aromatic heterocycles. The number of nitrogens with one attached hydrogen (secondary N) is 2. The van der Waals surface area contributed by atoms with Crippen LogP contribution in [0.3, 0.4) is 0 Å². The average Bonchev–Trinajstić information content (AvgIpc) is 2.45. The number of hydrogen-bond donors (Lipinski definition) is 2. The lowest BCUT2D eigenvalue weighted by Gasteiger charge is -2.13. The van der Waals surface area contributed by atoms with Crippen molar-refractivity contribution in [2.75, 3.05) is 20.1 Å². The third-order valence-corrected chi connectivity index (χ3v) is 2.83. The van der Waals surface area contributed by atoms with Crippen LogP contribution in [0.1, 0.15) is 24.5 Å². The molecule has 0 bridgehead atoms. The van der Waals surface area contributed by atoms with E-state index in [0.717, 1.165) is 19.0 Å². The Hall–Kier alpha value is -1.75. The summed E-state index contributed by atoms with van der Waals surface area (Å²) in [6.45, 7) is 3.57. The van der Waals surface area contributed by atoms with E-state index in [4.69, 9.17) is 0 Å². The van der Waals surface area contributed by atoms with E-state index in [1.54, 1.807) is 25.4 Å². The highest BCUT2D eigenvalue weighted by molar-refractivity contribution is 5.76. The van der Waals surface area contributed by atoms with Gasteiger partial charge in [-0.05, 0) is 30.2 Å². The minimum absolute atomic E-state index is 0.172. The van der Waals surface area contributed by atoms with E-state index in [2.05, 4.69) is 17.6 Å². The van der Waals surface area contributed by atoms with Crippen molar-refractivity contribution in [2.45, 2.75) is 19.5 Å². The molecule has 0 amide bonds. The van der Waals surface area contributed by atoms with Gasteiger partial charge in [0.2, 0.25) is 0 Å². The Morgan fingerprint density at radius 3 is 2.57 bits per heavy atom. The fourth-order valence-corrected chi connectivity index (χ4v) is 1.90. The Bertz CT molecular complexity index is 491. The van der Waals surface area contributed by atoms with Gasteiger partial charge in [0.05, 0.1) is 5.56 Å². The molecule has 0 fully saturated rings. The maximum Gasteiger partial charge on any atom is 0.417 e. The second-order valence-corrected chi connectivity index (χ2v) is 4.54. The van der Waals surface area contributed by atoms with Gasteiger partial charge in [0.25, 0.3) is 0 Å². The van der Waals surface area contributed by atoms with Crippen molar-refractivity contribution in [3.63, 3.8) is 0 Å². The molecule has 0 aliphatic rings. The number of rotatable bonds is 7. The summed E-state index contributed by atoms with van der Waals surface area (Å²) >= 11 is 0. The van der Waals surface area contributed by atoms with Crippen LogP contribution >= 0.6 is 0 Å². The Morgan fingerprint density at radius 1 is 1.24 bits per heavy atom. The summed E-state index contributed by atoms with van der Waals surface area (Å²) < 4.78 is 39.2. The highest BCUT2D eigenvalue weighted by atomic mass is 19.4. The van der Waals surface area contributed by atoms with Crippen molar-refractivity contribution in [1.29, 1.82) is 0 Å². The quantitative estimate of drug-likeness (QED) is 0.590. The lowest BCUT2D eigenvalue weighted by Crippen LogP contribution is -2.14. The Balaban J connectivity index is 3.00. The molecule has 0 saturated carbocycles. The first-order chi connectivity index (χ1) is 10.0. The minimum Gasteiger partial charge on any atom is -0.393 e. The molecule has 2 nitrogen and oxygen atoms in total. The van der Waals surface area contributed by atoms with Gasteiger partial charge in [-0.2, -0.15) is 13.2 Å². The van der Waals surface area contributed by atoms with Gasteiger partial charge in [-0.3, -0.25) is 0 Å². The zero-order valence-electron chi connectivity index (χ0n) is 12.3. The topological polar surface area (TPSA) is 24.1 Å². The molecule has 0 atom stereocenters. The van der Waals surface area contributed by atoms with Gasteiger partial charge in [-0.25, -0.2) is 0 Å². The highest BCUT2D eigenvalue weighted by Gasteiger charge is 2.33. The Morgan fingerprint density at radius 2 is 1.95 bits per heavy atom. The summed E-state index contributed by atoms with van der Waals surface area (Å²) in [6.07, 6.45) is 1.75. The van der Waals surface area contributed by atoms with Gasteiger partial charge in [0.1, 0.15) is 0 Å². The van der Waals surface area contributed by atoms with E-state index < -0.39 is 11.7 Å². The van der Waals surface area contributed by atoms with Gasteiger partial charge >= 0.3 is 6.18 Å². The van der Waals surface area contributed by atoms with Crippen molar-refractivity contribution >= 4 is 5.57 Å². The van der Waals surface area contributed by atoms with E-state index >= 15 is 0 Å². The van der Waals surface area contributed by atoms with Crippen molar-refractivity contribution in [3.05, 3.63) is 53.7 Å². The number of alkyl halides is 3. The SMILES string of the molecule is CCCNC/C=C\C(=C/NC)c1ccccc1C(F)(F)F. The van der Waals surface area contributed by atoms with Crippen LogP contribution in [0.4, 0.5) is 13.2 Å². The van der Waals surface area contributed by atoms with E-state index in [-0.39, 0.29) is 5.56 Å². The van der Waals surface area contributed by atoms with Crippen LogP contribution in [0.5, 0.6) is 0 Å². The number of hydrogen-bond acceptors (Lipinski definition) is 2. The van der Waals surface area contributed by atoms with Gasteiger partial charge in [0.15, 0.2) is 0 Å². The van der Waals surface area contributed by atoms with Gasteiger partial charge < -0.3 is 10.6 Å². The lowest BCUT2D eigenvalue weighted by molar-refractivity contribution is -0.137. The molecule has 116 valence electrons.